The van der Waals surface area contributed by atoms with E-state index in [0.717, 1.165) is 21.3 Å². The van der Waals surface area contributed by atoms with E-state index in [4.69, 9.17) is 0 Å². The van der Waals surface area contributed by atoms with Gasteiger partial charge in [0.2, 0.25) is 5.91 Å². The Morgan fingerprint density at radius 1 is 1.15 bits per heavy atom. The molecule has 142 valence electrons. The van der Waals surface area contributed by atoms with Crippen LogP contribution in [0, 0.1) is 0 Å². The molecule has 0 spiro atoms. The summed E-state index contributed by atoms with van der Waals surface area (Å²) in [6, 6.07) is 12.7. The van der Waals surface area contributed by atoms with Gasteiger partial charge in [-0.1, -0.05) is 31.2 Å². The SMILES string of the molecule is CCN(CC(=O)Nc1ccccc1C(F)(F)F)Cc1nc2ccccc2s1. The zero-order valence-corrected chi connectivity index (χ0v) is 15.4. The van der Waals surface area contributed by atoms with Gasteiger partial charge in [0.15, 0.2) is 0 Å². The highest BCUT2D eigenvalue weighted by atomic mass is 32.1. The van der Waals surface area contributed by atoms with E-state index in [1.54, 1.807) is 11.3 Å². The van der Waals surface area contributed by atoms with Crippen LogP contribution >= 0.6 is 11.3 Å². The summed E-state index contributed by atoms with van der Waals surface area (Å²) in [6.07, 6.45) is -4.52. The fourth-order valence-corrected chi connectivity index (χ4v) is 3.70. The van der Waals surface area contributed by atoms with Crippen LogP contribution in [0.2, 0.25) is 0 Å². The number of nitrogens with one attached hydrogen (secondary N) is 1. The minimum absolute atomic E-state index is 0.0153. The minimum Gasteiger partial charge on any atom is -0.324 e. The van der Waals surface area contributed by atoms with E-state index in [1.807, 2.05) is 36.1 Å². The number of carbonyl (C=O) groups is 1. The van der Waals surface area contributed by atoms with Gasteiger partial charge in [0.25, 0.3) is 0 Å². The summed E-state index contributed by atoms with van der Waals surface area (Å²) < 4.78 is 40.2. The summed E-state index contributed by atoms with van der Waals surface area (Å²) in [5.41, 5.74) is -0.185. The molecule has 8 heteroatoms. The maximum absolute atomic E-state index is 13.0. The molecule has 0 aliphatic carbocycles. The number of benzene rings is 2. The molecule has 0 unspecified atom stereocenters. The van der Waals surface area contributed by atoms with Crippen LogP contribution < -0.4 is 5.32 Å². The molecular formula is C19H18F3N3OS. The van der Waals surface area contributed by atoms with Gasteiger partial charge >= 0.3 is 6.18 Å². The molecule has 1 N–H and O–H groups in total. The normalized spacial score (nSPS) is 11.9. The lowest BCUT2D eigenvalue weighted by atomic mass is 10.1. The minimum atomic E-state index is -4.52. The largest absolute Gasteiger partial charge is 0.418 e. The van der Waals surface area contributed by atoms with E-state index < -0.39 is 17.6 Å². The Hall–Kier alpha value is -2.45. The average Bonchev–Trinajstić information content (AvgIpc) is 3.03. The number of aromatic nitrogens is 1. The first-order valence-corrected chi connectivity index (χ1v) is 9.21. The van der Waals surface area contributed by atoms with Gasteiger partial charge < -0.3 is 5.32 Å². The molecule has 3 aromatic rings. The molecule has 27 heavy (non-hydrogen) atoms. The van der Waals surface area contributed by atoms with Crippen LogP contribution in [0.25, 0.3) is 10.2 Å². The van der Waals surface area contributed by atoms with Crippen LogP contribution in [0.4, 0.5) is 18.9 Å². The number of nitrogens with zero attached hydrogens (tertiary/aromatic N) is 2. The van der Waals surface area contributed by atoms with Crippen molar-refractivity contribution in [2.45, 2.75) is 19.6 Å². The van der Waals surface area contributed by atoms with Gasteiger partial charge in [-0.05, 0) is 30.8 Å². The Kier molecular flexibility index (Phi) is 5.76. The lowest BCUT2D eigenvalue weighted by Gasteiger charge is -2.19. The number of fused-ring (bicyclic) bond motifs is 1. The molecule has 0 fully saturated rings. The first kappa shape index (κ1) is 19.3. The molecule has 0 saturated carbocycles. The van der Waals surface area contributed by atoms with Crippen LogP contribution in [0.3, 0.4) is 0 Å². The lowest BCUT2D eigenvalue weighted by molar-refractivity contribution is -0.137. The molecule has 0 radical (unpaired) electrons. The first-order valence-electron chi connectivity index (χ1n) is 8.39. The van der Waals surface area contributed by atoms with Crippen molar-refractivity contribution >= 4 is 33.1 Å². The van der Waals surface area contributed by atoms with Crippen molar-refractivity contribution in [1.29, 1.82) is 0 Å². The Bertz CT molecular complexity index is 906. The second kappa shape index (κ2) is 8.06. The van der Waals surface area contributed by atoms with Gasteiger partial charge in [-0.2, -0.15) is 13.2 Å². The second-order valence-electron chi connectivity index (χ2n) is 5.97. The quantitative estimate of drug-likeness (QED) is 0.656. The van der Waals surface area contributed by atoms with Gasteiger partial charge in [-0.15, -0.1) is 11.3 Å². The second-order valence-corrected chi connectivity index (χ2v) is 7.09. The fraction of sp³-hybridized carbons (Fsp3) is 0.263. The standard InChI is InChI=1S/C19H18F3N3OS/c1-2-25(12-18-24-15-9-5-6-10-16(15)27-18)11-17(26)23-14-8-4-3-7-13(14)19(20,21)22/h3-10H,2,11-12H2,1H3,(H,23,26). The molecular weight excluding hydrogens is 375 g/mol. The van der Waals surface area contributed by atoms with Crippen molar-refractivity contribution in [3.05, 3.63) is 59.1 Å². The monoisotopic (exact) mass is 393 g/mol. The highest BCUT2D eigenvalue weighted by Gasteiger charge is 2.33. The maximum Gasteiger partial charge on any atom is 0.418 e. The van der Waals surface area contributed by atoms with Crippen LogP contribution in [0.1, 0.15) is 17.5 Å². The molecule has 1 amide bonds. The number of anilines is 1. The molecule has 2 aromatic carbocycles. The van der Waals surface area contributed by atoms with Gasteiger partial charge in [0, 0.05) is 0 Å². The smallest absolute Gasteiger partial charge is 0.324 e. The van der Waals surface area contributed by atoms with Crippen LogP contribution in [0.5, 0.6) is 0 Å². The Balaban J connectivity index is 1.67. The van der Waals surface area contributed by atoms with Crippen molar-refractivity contribution in [3.63, 3.8) is 0 Å². The van der Waals surface area contributed by atoms with E-state index >= 15 is 0 Å². The zero-order valence-electron chi connectivity index (χ0n) is 14.6. The topological polar surface area (TPSA) is 45.2 Å². The molecule has 4 nitrogen and oxygen atoms in total. The summed E-state index contributed by atoms with van der Waals surface area (Å²) >= 11 is 1.54. The van der Waals surface area contributed by atoms with Crippen molar-refractivity contribution in [2.75, 3.05) is 18.4 Å². The van der Waals surface area contributed by atoms with Crippen molar-refractivity contribution in [3.8, 4) is 0 Å². The lowest BCUT2D eigenvalue weighted by Crippen LogP contribution is -2.33. The molecule has 0 atom stereocenters. The van der Waals surface area contributed by atoms with Gasteiger partial charge in [0.05, 0.1) is 34.6 Å². The number of rotatable bonds is 6. The van der Waals surface area contributed by atoms with Crippen molar-refractivity contribution in [2.24, 2.45) is 0 Å². The summed E-state index contributed by atoms with van der Waals surface area (Å²) in [4.78, 5) is 18.7. The van der Waals surface area contributed by atoms with Crippen molar-refractivity contribution in [1.82, 2.24) is 9.88 Å². The number of amides is 1. The highest BCUT2D eigenvalue weighted by molar-refractivity contribution is 7.18. The predicted molar refractivity (Wildman–Crippen MR) is 101 cm³/mol. The Morgan fingerprint density at radius 3 is 2.56 bits per heavy atom. The number of para-hydroxylation sites is 2. The third-order valence-corrected chi connectivity index (χ3v) is 5.04. The number of alkyl halides is 3. The molecule has 0 bridgehead atoms. The molecule has 0 aliphatic heterocycles. The van der Waals surface area contributed by atoms with Gasteiger partial charge in [0.1, 0.15) is 5.01 Å². The summed E-state index contributed by atoms with van der Waals surface area (Å²) in [7, 11) is 0. The average molecular weight is 393 g/mol. The van der Waals surface area contributed by atoms with Gasteiger partial charge in [-0.25, -0.2) is 4.98 Å². The molecule has 3 rings (SSSR count). The Labute approximate surface area is 158 Å². The molecule has 0 saturated heterocycles. The van der Waals surface area contributed by atoms with E-state index in [-0.39, 0.29) is 12.2 Å². The molecule has 1 heterocycles. The fourth-order valence-electron chi connectivity index (χ4n) is 2.69. The van der Waals surface area contributed by atoms with E-state index in [2.05, 4.69) is 10.3 Å². The maximum atomic E-state index is 13.0. The number of hydrogen-bond acceptors (Lipinski definition) is 4. The summed E-state index contributed by atoms with van der Waals surface area (Å²) in [5, 5.41) is 3.24. The third-order valence-electron chi connectivity index (χ3n) is 4.02. The first-order chi connectivity index (χ1) is 12.9. The molecule has 0 aliphatic rings. The van der Waals surface area contributed by atoms with Crippen LogP contribution in [-0.4, -0.2) is 28.9 Å². The molecule has 1 aromatic heterocycles. The highest BCUT2D eigenvalue weighted by Crippen LogP contribution is 2.34. The van der Waals surface area contributed by atoms with E-state index in [1.165, 1.54) is 18.2 Å². The van der Waals surface area contributed by atoms with Crippen LogP contribution in [-0.2, 0) is 17.5 Å². The van der Waals surface area contributed by atoms with Crippen LogP contribution in [0.15, 0.2) is 48.5 Å². The Morgan fingerprint density at radius 2 is 1.85 bits per heavy atom. The number of hydrogen-bond donors (Lipinski definition) is 1. The summed E-state index contributed by atoms with van der Waals surface area (Å²) in [6.45, 7) is 2.91. The van der Waals surface area contributed by atoms with Crippen molar-refractivity contribution < 1.29 is 18.0 Å². The predicted octanol–water partition coefficient (Wildman–Crippen LogP) is 4.78. The number of halogens is 3. The van der Waals surface area contributed by atoms with E-state index in [0.29, 0.717) is 13.1 Å². The zero-order chi connectivity index (χ0) is 19.4. The summed E-state index contributed by atoms with van der Waals surface area (Å²) in [5.74, 6) is -0.491. The van der Waals surface area contributed by atoms with Gasteiger partial charge in [-0.3, -0.25) is 9.69 Å². The third kappa shape index (κ3) is 4.84. The number of thiazole rings is 1. The van der Waals surface area contributed by atoms with E-state index in [9.17, 15) is 18.0 Å². The number of likely N-dealkylation sites (N-methyl/N-ethyl adjacent to an activating group) is 1. The number of carbonyl (C=O) groups excluding carboxylic acids is 1.